The number of hydrogen-bond acceptors (Lipinski definition) is 3. The maximum Gasteiger partial charge on any atom is 0.142 e. The smallest absolute Gasteiger partial charge is 0.142 e. The molecule has 4 heteroatoms. The van der Waals surface area contributed by atoms with Gasteiger partial charge in [0.2, 0.25) is 0 Å². The Morgan fingerprint density at radius 2 is 1.15 bits per heavy atom. The van der Waals surface area contributed by atoms with Gasteiger partial charge in [-0.2, -0.15) is 0 Å². The van der Waals surface area contributed by atoms with Gasteiger partial charge < -0.3 is 14.4 Å². The van der Waals surface area contributed by atoms with Crippen LogP contribution >= 0.6 is 0 Å². The summed E-state index contributed by atoms with van der Waals surface area (Å²) in [5, 5.41) is 1.11. The first-order valence-corrected chi connectivity index (χ1v) is 17.7. The zero-order chi connectivity index (χ0) is 36.0. The average molecular weight is 873 g/mol. The van der Waals surface area contributed by atoms with Gasteiger partial charge in [0.1, 0.15) is 11.3 Å². The Morgan fingerprint density at radius 1 is 0.500 bits per heavy atom. The first-order chi connectivity index (χ1) is 26.1. The second-order valence-electron chi connectivity index (χ2n) is 12.9. The van der Waals surface area contributed by atoms with Gasteiger partial charge >= 0.3 is 0 Å². The summed E-state index contributed by atoms with van der Waals surface area (Å²) in [4.78, 5) is 8.92. The number of hydrogen-bond donors (Lipinski definition) is 0. The van der Waals surface area contributed by atoms with Crippen molar-refractivity contribution >= 4 is 11.0 Å². The van der Waals surface area contributed by atoms with Gasteiger partial charge in [0, 0.05) is 54.6 Å². The van der Waals surface area contributed by atoms with Gasteiger partial charge in [0.25, 0.3) is 0 Å². The predicted molar refractivity (Wildman–Crippen MR) is 218 cm³/mol. The van der Waals surface area contributed by atoms with Gasteiger partial charge in [-0.3, -0.25) is 0 Å². The fraction of sp³-hybridized carbons (Fsp3) is 0.0400. The van der Waals surface area contributed by atoms with Gasteiger partial charge in [0.15, 0.2) is 0 Å². The third-order valence-corrected chi connectivity index (χ3v) is 9.34. The van der Waals surface area contributed by atoms with E-state index in [0.29, 0.717) is 0 Å². The van der Waals surface area contributed by atoms with Crippen molar-refractivity contribution in [3.05, 3.63) is 206 Å². The molecule has 54 heavy (non-hydrogen) atoms. The molecule has 0 amide bonds. The van der Waals surface area contributed by atoms with E-state index in [9.17, 15) is 0 Å². The van der Waals surface area contributed by atoms with Crippen LogP contribution in [0.1, 0.15) is 11.1 Å². The molecule has 0 fully saturated rings. The molecule has 0 aliphatic heterocycles. The van der Waals surface area contributed by atoms with Crippen LogP contribution in [0.3, 0.4) is 0 Å². The monoisotopic (exact) mass is 873 g/mol. The minimum atomic E-state index is 0. The summed E-state index contributed by atoms with van der Waals surface area (Å²) < 4.78 is 6.65. The van der Waals surface area contributed by atoms with E-state index in [4.69, 9.17) is 4.42 Å². The van der Waals surface area contributed by atoms with Crippen LogP contribution in [0.5, 0.6) is 0 Å². The average Bonchev–Trinajstić information content (AvgIpc) is 3.58. The molecule has 9 aromatic rings. The Balaban J connectivity index is 0.000000272. The predicted octanol–water partition coefficient (Wildman–Crippen LogP) is 13.1. The Labute approximate surface area is 330 Å². The van der Waals surface area contributed by atoms with E-state index in [1.807, 2.05) is 80.0 Å². The second-order valence-corrected chi connectivity index (χ2v) is 12.9. The fourth-order valence-corrected chi connectivity index (χ4v) is 6.61. The van der Waals surface area contributed by atoms with E-state index in [2.05, 4.69) is 138 Å². The molecule has 0 bridgehead atoms. The number of pyridine rings is 2. The summed E-state index contributed by atoms with van der Waals surface area (Å²) in [5.74, 6) is 0.906. The number of aromatic nitrogens is 2. The van der Waals surface area contributed by atoms with Crippen molar-refractivity contribution in [1.29, 1.82) is 0 Å². The number of rotatable bonds is 6. The van der Waals surface area contributed by atoms with Crippen molar-refractivity contribution in [3.63, 3.8) is 0 Å². The summed E-state index contributed by atoms with van der Waals surface area (Å²) in [6, 6.07) is 64.8. The van der Waals surface area contributed by atoms with Crippen molar-refractivity contribution in [2.24, 2.45) is 0 Å². The van der Waals surface area contributed by atoms with Crippen LogP contribution in [0.15, 0.2) is 187 Å². The SMILES string of the molecule is Cc1c(-c2ccccc2)oc2c(-c3ccccc3)cc(-c3cc(-c4ccccn4)[c-]cc3-c3ccccc3)cc12.Cc1ccc(-c2[c-]cccc2)nc1.[Ir]. The Kier molecular flexibility index (Phi) is 11.2. The maximum absolute atomic E-state index is 6.65. The molecule has 6 aromatic carbocycles. The quantitative estimate of drug-likeness (QED) is 0.156. The largest absolute Gasteiger partial charge is 0.455 e. The van der Waals surface area contributed by atoms with Gasteiger partial charge in [0.05, 0.1) is 0 Å². The van der Waals surface area contributed by atoms with Crippen molar-refractivity contribution < 1.29 is 24.5 Å². The third-order valence-electron chi connectivity index (χ3n) is 9.34. The molecule has 3 heterocycles. The Hall–Kier alpha value is -6.19. The van der Waals surface area contributed by atoms with E-state index >= 15 is 0 Å². The number of nitrogens with zero attached hydrogens (tertiary/aromatic N) is 2. The van der Waals surface area contributed by atoms with Crippen LogP contribution < -0.4 is 0 Å². The van der Waals surface area contributed by atoms with Crippen LogP contribution in [0.25, 0.3) is 78.2 Å². The minimum Gasteiger partial charge on any atom is -0.455 e. The van der Waals surface area contributed by atoms with Crippen LogP contribution in [0, 0.1) is 26.0 Å². The standard InChI is InChI=1S/C38H26NO.C12H10N.Ir/c1-26-33-24-31(25-35(28-15-7-3-8-16-28)38(33)40-37(26)29-17-9-4-10-18-29)34-23-30(36-19-11-12-22-39-36)20-21-32(34)27-13-5-2-6-14-27;1-10-7-8-12(13-9-10)11-5-3-2-4-6-11;/h2-19,21-25H,1H3;2-5,7-9H,1H3;/q2*-1;. The normalized spacial score (nSPS) is 10.6. The van der Waals surface area contributed by atoms with E-state index in [0.717, 1.165) is 83.8 Å². The molecule has 0 atom stereocenters. The van der Waals surface area contributed by atoms with Crippen LogP contribution in [-0.2, 0) is 20.1 Å². The molecular weight excluding hydrogens is 837 g/mol. The van der Waals surface area contributed by atoms with Gasteiger partial charge in [-0.1, -0.05) is 132 Å². The molecule has 0 spiro atoms. The first kappa shape index (κ1) is 36.2. The van der Waals surface area contributed by atoms with Crippen molar-refractivity contribution in [2.45, 2.75) is 13.8 Å². The molecule has 9 rings (SSSR count). The summed E-state index contributed by atoms with van der Waals surface area (Å²) in [7, 11) is 0. The molecule has 0 aliphatic rings. The molecule has 0 aliphatic carbocycles. The summed E-state index contributed by atoms with van der Waals surface area (Å²) in [5.41, 5.74) is 14.9. The molecule has 0 saturated heterocycles. The summed E-state index contributed by atoms with van der Waals surface area (Å²) in [6.45, 7) is 4.19. The first-order valence-electron chi connectivity index (χ1n) is 17.7. The zero-order valence-electron chi connectivity index (χ0n) is 30.0. The van der Waals surface area contributed by atoms with Crippen molar-refractivity contribution in [3.8, 4) is 67.2 Å². The Bertz CT molecular complexity index is 2590. The van der Waals surface area contributed by atoms with Crippen molar-refractivity contribution in [2.75, 3.05) is 0 Å². The molecule has 3 nitrogen and oxygen atoms in total. The zero-order valence-corrected chi connectivity index (χ0v) is 32.4. The van der Waals surface area contributed by atoms with E-state index < -0.39 is 0 Å². The summed E-state index contributed by atoms with van der Waals surface area (Å²) >= 11 is 0. The molecule has 0 unspecified atom stereocenters. The fourth-order valence-electron chi connectivity index (χ4n) is 6.61. The van der Waals surface area contributed by atoms with E-state index in [-0.39, 0.29) is 20.1 Å². The molecule has 0 N–H and O–H groups in total. The second kappa shape index (κ2) is 16.6. The molecular formula is C50H36IrN2O-2. The van der Waals surface area contributed by atoms with E-state index in [1.165, 1.54) is 5.56 Å². The van der Waals surface area contributed by atoms with Crippen LogP contribution in [0.2, 0.25) is 0 Å². The molecule has 3 aromatic heterocycles. The molecule has 1 radical (unpaired) electrons. The van der Waals surface area contributed by atoms with Gasteiger partial charge in [-0.25, -0.2) is 0 Å². The number of furan rings is 1. The summed E-state index contributed by atoms with van der Waals surface area (Å²) in [6.07, 6.45) is 3.70. The van der Waals surface area contributed by atoms with Crippen LogP contribution in [-0.4, -0.2) is 9.97 Å². The third kappa shape index (κ3) is 7.77. The van der Waals surface area contributed by atoms with Gasteiger partial charge in [-0.05, 0) is 60.1 Å². The Morgan fingerprint density at radius 3 is 1.78 bits per heavy atom. The van der Waals surface area contributed by atoms with Crippen molar-refractivity contribution in [1.82, 2.24) is 9.97 Å². The van der Waals surface area contributed by atoms with Gasteiger partial charge in [-0.15, -0.1) is 59.7 Å². The number of aryl methyl sites for hydroxylation is 2. The molecule has 0 saturated carbocycles. The number of fused-ring (bicyclic) bond motifs is 1. The number of benzene rings is 6. The van der Waals surface area contributed by atoms with E-state index in [1.54, 1.807) is 0 Å². The molecule has 263 valence electrons. The minimum absolute atomic E-state index is 0. The topological polar surface area (TPSA) is 38.9 Å². The maximum atomic E-state index is 6.65. The van der Waals surface area contributed by atoms with Crippen LogP contribution in [0.4, 0.5) is 0 Å².